The quantitative estimate of drug-likeness (QED) is 0.424. The Kier molecular flexibility index (Phi) is 5.49. The van der Waals surface area contributed by atoms with Gasteiger partial charge in [0.1, 0.15) is 11.9 Å². The molecule has 0 aromatic heterocycles. The van der Waals surface area contributed by atoms with E-state index in [0.29, 0.717) is 17.6 Å². The van der Waals surface area contributed by atoms with Crippen LogP contribution in [0.2, 0.25) is 0 Å². The minimum atomic E-state index is -0.147. The summed E-state index contributed by atoms with van der Waals surface area (Å²) in [5.74, 6) is 3.26. The van der Waals surface area contributed by atoms with Gasteiger partial charge in [0.2, 0.25) is 0 Å². The Labute approximate surface area is 177 Å². The minimum absolute atomic E-state index is 0.0651. The predicted molar refractivity (Wildman–Crippen MR) is 115 cm³/mol. The van der Waals surface area contributed by atoms with Crippen molar-refractivity contribution in [3.63, 3.8) is 0 Å². The molecule has 0 aromatic carbocycles. The molecule has 4 rings (SSSR count). The van der Waals surface area contributed by atoms with Gasteiger partial charge >= 0.3 is 5.97 Å². The first kappa shape index (κ1) is 21.1. The van der Waals surface area contributed by atoms with Crippen molar-refractivity contribution in [3.8, 4) is 0 Å². The van der Waals surface area contributed by atoms with Gasteiger partial charge in [-0.15, -0.1) is 0 Å². The Hall–Kier alpha value is -1.12. The molecular formula is C26H40O3. The topological polar surface area (TPSA) is 43.4 Å². The third kappa shape index (κ3) is 3.31. The molecular weight excluding hydrogens is 360 g/mol. The number of ketones is 1. The van der Waals surface area contributed by atoms with Crippen LogP contribution in [0.15, 0.2) is 11.6 Å². The normalized spacial score (nSPS) is 46.6. The van der Waals surface area contributed by atoms with Gasteiger partial charge in [-0.2, -0.15) is 0 Å². The first-order valence-electron chi connectivity index (χ1n) is 12.1. The second-order valence-electron chi connectivity index (χ2n) is 11.1. The zero-order valence-corrected chi connectivity index (χ0v) is 19.1. The van der Waals surface area contributed by atoms with E-state index in [-0.39, 0.29) is 28.8 Å². The lowest BCUT2D eigenvalue weighted by Gasteiger charge is -2.55. The van der Waals surface area contributed by atoms with E-state index in [9.17, 15) is 9.59 Å². The van der Waals surface area contributed by atoms with E-state index in [2.05, 4.69) is 26.8 Å². The lowest BCUT2D eigenvalue weighted by atomic mass is 9.50. The van der Waals surface area contributed by atoms with Gasteiger partial charge < -0.3 is 4.74 Å². The van der Waals surface area contributed by atoms with Crippen LogP contribution in [0.25, 0.3) is 0 Å². The molecule has 0 aliphatic heterocycles. The molecule has 29 heavy (non-hydrogen) atoms. The fraction of sp³-hybridized carbons (Fsp3) is 0.846. The fourth-order valence-corrected chi connectivity index (χ4v) is 8.59. The summed E-state index contributed by atoms with van der Waals surface area (Å²) in [4.78, 5) is 24.2. The van der Waals surface area contributed by atoms with Crippen LogP contribution < -0.4 is 0 Å². The monoisotopic (exact) mass is 400 g/mol. The SMILES string of the molecule is CC[C@@H]1C[C@H]2[C@H]3CCC=C4C[C@@H](OC(C)=O)CC[C@]4(C)[C@H]3CC[C@]2(C)[C@H]1C(C)=O. The first-order chi connectivity index (χ1) is 13.7. The van der Waals surface area contributed by atoms with Gasteiger partial charge in [0.25, 0.3) is 0 Å². The number of ether oxygens (including phenoxy) is 1. The maximum atomic E-state index is 12.7. The molecule has 3 saturated carbocycles. The lowest BCUT2D eigenvalue weighted by molar-refractivity contribution is -0.148. The summed E-state index contributed by atoms with van der Waals surface area (Å²) in [5, 5.41) is 0. The molecule has 0 aromatic rings. The number of carbonyl (C=O) groups excluding carboxylic acids is 2. The molecule has 4 aliphatic rings. The largest absolute Gasteiger partial charge is 0.462 e. The average Bonchev–Trinajstić information content (AvgIpc) is 2.88. The van der Waals surface area contributed by atoms with Crippen molar-refractivity contribution in [2.45, 2.75) is 98.5 Å². The fourth-order valence-electron chi connectivity index (χ4n) is 8.59. The predicted octanol–water partition coefficient (Wildman–Crippen LogP) is 6.11. The first-order valence-corrected chi connectivity index (χ1v) is 12.1. The average molecular weight is 401 g/mol. The highest BCUT2D eigenvalue weighted by Crippen LogP contribution is 2.67. The number of carbonyl (C=O) groups is 2. The van der Waals surface area contributed by atoms with E-state index in [4.69, 9.17) is 4.74 Å². The smallest absolute Gasteiger partial charge is 0.302 e. The molecule has 3 nitrogen and oxygen atoms in total. The van der Waals surface area contributed by atoms with Gasteiger partial charge in [0.15, 0.2) is 0 Å². The van der Waals surface area contributed by atoms with Crippen molar-refractivity contribution in [3.05, 3.63) is 11.6 Å². The van der Waals surface area contributed by atoms with Gasteiger partial charge in [0.05, 0.1) is 0 Å². The van der Waals surface area contributed by atoms with Crippen LogP contribution in [-0.4, -0.2) is 17.9 Å². The van der Waals surface area contributed by atoms with E-state index in [1.807, 2.05) is 6.92 Å². The molecule has 162 valence electrons. The summed E-state index contributed by atoms with van der Waals surface area (Å²) in [6.07, 6.45) is 12.9. The molecule has 0 spiro atoms. The summed E-state index contributed by atoms with van der Waals surface area (Å²) in [6.45, 7) is 10.6. The van der Waals surface area contributed by atoms with Gasteiger partial charge in [-0.1, -0.05) is 38.8 Å². The van der Waals surface area contributed by atoms with Crippen molar-refractivity contribution in [2.24, 2.45) is 40.4 Å². The molecule has 3 fully saturated rings. The van der Waals surface area contributed by atoms with Gasteiger partial charge in [-0.05, 0) is 86.4 Å². The van der Waals surface area contributed by atoms with Crippen molar-refractivity contribution in [2.75, 3.05) is 0 Å². The Morgan fingerprint density at radius 1 is 1.10 bits per heavy atom. The van der Waals surface area contributed by atoms with Crippen LogP contribution in [0.4, 0.5) is 0 Å². The number of fused-ring (bicyclic) bond motifs is 5. The van der Waals surface area contributed by atoms with E-state index in [1.165, 1.54) is 32.6 Å². The summed E-state index contributed by atoms with van der Waals surface area (Å²) in [6, 6.07) is 0. The lowest BCUT2D eigenvalue weighted by Crippen LogP contribution is -2.49. The highest BCUT2D eigenvalue weighted by molar-refractivity contribution is 5.80. The number of hydrogen-bond acceptors (Lipinski definition) is 3. The molecule has 0 radical (unpaired) electrons. The Balaban J connectivity index is 1.61. The summed E-state index contributed by atoms with van der Waals surface area (Å²) < 4.78 is 5.60. The van der Waals surface area contributed by atoms with Crippen molar-refractivity contribution in [1.82, 2.24) is 0 Å². The van der Waals surface area contributed by atoms with Crippen LogP contribution in [0, 0.1) is 40.4 Å². The van der Waals surface area contributed by atoms with Crippen molar-refractivity contribution in [1.29, 1.82) is 0 Å². The molecule has 8 atom stereocenters. The standard InChI is InChI=1S/C26H40O3/c1-6-18-14-23-21-9-7-8-19-15-20(29-17(3)28)10-12-25(19,4)22(21)11-13-26(23,5)24(18)16(2)27/h8,18,20-24H,6-7,9-15H2,1-5H3/t18-,20+,21+,22+,23+,24+,25+,26+/m1/s1. The molecule has 0 amide bonds. The zero-order valence-electron chi connectivity index (χ0n) is 19.1. The number of esters is 1. The molecule has 3 heteroatoms. The minimum Gasteiger partial charge on any atom is -0.462 e. The van der Waals surface area contributed by atoms with E-state index < -0.39 is 0 Å². The molecule has 0 bridgehead atoms. The van der Waals surface area contributed by atoms with Crippen molar-refractivity contribution < 1.29 is 14.3 Å². The van der Waals surface area contributed by atoms with Gasteiger partial charge in [-0.25, -0.2) is 0 Å². The van der Waals surface area contributed by atoms with Crippen LogP contribution in [0.3, 0.4) is 0 Å². The van der Waals surface area contributed by atoms with Gasteiger partial charge in [-0.3, -0.25) is 9.59 Å². The number of Topliss-reactive ketones (excluding diaryl/α,β-unsaturated/α-hetero) is 1. The maximum Gasteiger partial charge on any atom is 0.302 e. The van der Waals surface area contributed by atoms with Gasteiger partial charge in [0, 0.05) is 19.3 Å². The molecule has 0 unspecified atom stereocenters. The van der Waals surface area contributed by atoms with E-state index in [1.54, 1.807) is 5.57 Å². The van der Waals surface area contributed by atoms with Crippen molar-refractivity contribution >= 4 is 11.8 Å². The highest BCUT2D eigenvalue weighted by Gasteiger charge is 2.61. The Morgan fingerprint density at radius 3 is 2.52 bits per heavy atom. The Bertz CT molecular complexity index is 709. The number of allylic oxidation sites excluding steroid dienone is 1. The van der Waals surface area contributed by atoms with E-state index in [0.717, 1.165) is 43.9 Å². The summed E-state index contributed by atoms with van der Waals surface area (Å²) in [7, 11) is 0. The summed E-state index contributed by atoms with van der Waals surface area (Å²) >= 11 is 0. The zero-order chi connectivity index (χ0) is 21.0. The third-order valence-corrected chi connectivity index (χ3v) is 9.78. The summed E-state index contributed by atoms with van der Waals surface area (Å²) in [5.41, 5.74) is 2.00. The van der Waals surface area contributed by atoms with E-state index >= 15 is 0 Å². The van der Waals surface area contributed by atoms with Crippen LogP contribution in [0.5, 0.6) is 0 Å². The van der Waals surface area contributed by atoms with Crippen LogP contribution in [0.1, 0.15) is 92.4 Å². The number of rotatable bonds is 3. The van der Waals surface area contributed by atoms with Crippen LogP contribution in [-0.2, 0) is 14.3 Å². The number of hydrogen-bond donors (Lipinski definition) is 0. The molecule has 4 aliphatic carbocycles. The Morgan fingerprint density at radius 2 is 1.86 bits per heavy atom. The maximum absolute atomic E-state index is 12.7. The van der Waals surface area contributed by atoms with Crippen LogP contribution >= 0.6 is 0 Å². The molecule has 0 saturated heterocycles. The molecule has 0 N–H and O–H groups in total. The third-order valence-electron chi connectivity index (χ3n) is 9.78. The second kappa shape index (κ2) is 7.54. The second-order valence-corrected chi connectivity index (χ2v) is 11.1. The highest BCUT2D eigenvalue weighted by atomic mass is 16.5. The molecule has 0 heterocycles.